The third kappa shape index (κ3) is 5.78. The van der Waals surface area contributed by atoms with Gasteiger partial charge in [-0.25, -0.2) is 0 Å². The van der Waals surface area contributed by atoms with Crippen molar-refractivity contribution in [3.05, 3.63) is 72.4 Å². The molecule has 7 nitrogen and oxygen atoms in total. The zero-order valence-electron chi connectivity index (χ0n) is 15.9. The molecule has 3 aromatic rings. The van der Waals surface area contributed by atoms with E-state index in [1.165, 1.54) is 0 Å². The normalized spacial score (nSPS) is 10.5. The summed E-state index contributed by atoms with van der Waals surface area (Å²) in [7, 11) is 3.90. The number of benzene rings is 2. The van der Waals surface area contributed by atoms with E-state index in [-0.39, 0.29) is 11.6 Å². The summed E-state index contributed by atoms with van der Waals surface area (Å²) in [6, 6.07) is 20.5. The molecular formula is C21H23N5O2. The molecule has 7 heteroatoms. The first kappa shape index (κ1) is 19.3. The van der Waals surface area contributed by atoms with Gasteiger partial charge >= 0.3 is 0 Å². The first-order chi connectivity index (χ1) is 13.6. The number of nitrogens with zero attached hydrogens (tertiary/aromatic N) is 3. The Labute approximate surface area is 164 Å². The van der Waals surface area contributed by atoms with E-state index in [0.717, 1.165) is 23.7 Å². The van der Waals surface area contributed by atoms with Gasteiger partial charge < -0.3 is 20.3 Å². The highest BCUT2D eigenvalue weighted by Crippen LogP contribution is 2.23. The van der Waals surface area contributed by atoms with Gasteiger partial charge in [-0.2, -0.15) is 0 Å². The van der Waals surface area contributed by atoms with Crippen molar-refractivity contribution in [3.63, 3.8) is 0 Å². The molecular weight excluding hydrogens is 354 g/mol. The van der Waals surface area contributed by atoms with Crippen LogP contribution in [0.15, 0.2) is 66.7 Å². The van der Waals surface area contributed by atoms with Crippen LogP contribution in [0.2, 0.25) is 0 Å². The molecule has 28 heavy (non-hydrogen) atoms. The molecule has 0 fully saturated rings. The van der Waals surface area contributed by atoms with E-state index in [4.69, 9.17) is 4.74 Å². The summed E-state index contributed by atoms with van der Waals surface area (Å²) in [6.45, 7) is 1.33. The molecule has 1 amide bonds. The molecule has 0 saturated heterocycles. The average molecular weight is 377 g/mol. The van der Waals surface area contributed by atoms with Gasteiger partial charge in [-0.1, -0.05) is 18.2 Å². The predicted molar refractivity (Wildman–Crippen MR) is 109 cm³/mol. The molecule has 3 rings (SSSR count). The van der Waals surface area contributed by atoms with Gasteiger partial charge in [-0.05, 0) is 62.6 Å². The molecule has 0 saturated carbocycles. The second kappa shape index (κ2) is 9.48. The van der Waals surface area contributed by atoms with E-state index in [0.29, 0.717) is 12.4 Å². The number of nitrogens with one attached hydrogen (secondary N) is 2. The number of rotatable bonds is 8. The van der Waals surface area contributed by atoms with Crippen molar-refractivity contribution in [1.82, 2.24) is 20.4 Å². The highest BCUT2D eigenvalue weighted by molar-refractivity contribution is 5.92. The molecule has 0 atom stereocenters. The van der Waals surface area contributed by atoms with Crippen molar-refractivity contribution in [2.24, 2.45) is 0 Å². The van der Waals surface area contributed by atoms with Crippen molar-refractivity contribution in [2.75, 3.05) is 32.5 Å². The number of hydrogen-bond acceptors (Lipinski definition) is 6. The second-order valence-corrected chi connectivity index (χ2v) is 6.43. The lowest BCUT2D eigenvalue weighted by atomic mass is 10.3. The van der Waals surface area contributed by atoms with Crippen molar-refractivity contribution in [2.45, 2.75) is 0 Å². The van der Waals surface area contributed by atoms with Gasteiger partial charge in [0.1, 0.15) is 11.5 Å². The standard InChI is InChI=1S/C21H23N5O2/c1-26(2)15-14-22-21(27)19-12-13-20(25-24-19)23-16-8-10-18(11-9-16)28-17-6-4-3-5-7-17/h3-13H,14-15H2,1-2H3,(H,22,27)(H,23,25). The van der Waals surface area contributed by atoms with E-state index in [9.17, 15) is 4.79 Å². The van der Waals surface area contributed by atoms with Crippen LogP contribution in [0.5, 0.6) is 11.5 Å². The molecule has 0 aliphatic rings. The molecule has 2 N–H and O–H groups in total. The Kier molecular flexibility index (Phi) is 6.54. The highest BCUT2D eigenvalue weighted by Gasteiger charge is 2.08. The van der Waals surface area contributed by atoms with Gasteiger partial charge in [-0.3, -0.25) is 4.79 Å². The van der Waals surface area contributed by atoms with Crippen LogP contribution in [0.1, 0.15) is 10.5 Å². The predicted octanol–water partition coefficient (Wildman–Crippen LogP) is 3.30. The molecule has 0 radical (unpaired) electrons. The molecule has 2 aromatic carbocycles. The zero-order valence-corrected chi connectivity index (χ0v) is 15.9. The van der Waals surface area contributed by atoms with Crippen LogP contribution in [0, 0.1) is 0 Å². The number of carbonyl (C=O) groups is 1. The van der Waals surface area contributed by atoms with Gasteiger partial charge in [0.05, 0.1) is 0 Å². The van der Waals surface area contributed by atoms with E-state index >= 15 is 0 Å². The number of hydrogen-bond donors (Lipinski definition) is 2. The van der Waals surface area contributed by atoms with Crippen LogP contribution < -0.4 is 15.4 Å². The molecule has 0 aliphatic heterocycles. The minimum atomic E-state index is -0.233. The quantitative estimate of drug-likeness (QED) is 0.627. The highest BCUT2D eigenvalue weighted by atomic mass is 16.5. The van der Waals surface area contributed by atoms with Gasteiger partial charge in [0.2, 0.25) is 0 Å². The summed E-state index contributed by atoms with van der Waals surface area (Å²) < 4.78 is 5.77. The topological polar surface area (TPSA) is 79.4 Å². The van der Waals surface area contributed by atoms with Crippen LogP contribution >= 0.6 is 0 Å². The summed E-state index contributed by atoms with van der Waals surface area (Å²) in [4.78, 5) is 14.0. The Morgan fingerprint density at radius 2 is 1.64 bits per heavy atom. The third-order valence-electron chi connectivity index (χ3n) is 3.85. The lowest BCUT2D eigenvalue weighted by molar-refractivity contribution is 0.0945. The monoisotopic (exact) mass is 377 g/mol. The molecule has 0 spiro atoms. The van der Waals surface area contributed by atoms with Crippen LogP contribution in [0.25, 0.3) is 0 Å². The maximum absolute atomic E-state index is 12.0. The van der Waals surface area contributed by atoms with Gasteiger partial charge in [0, 0.05) is 18.8 Å². The fraction of sp³-hybridized carbons (Fsp3) is 0.190. The summed E-state index contributed by atoms with van der Waals surface area (Å²) in [6.07, 6.45) is 0. The number of aromatic nitrogens is 2. The Balaban J connectivity index is 1.54. The molecule has 1 heterocycles. The number of likely N-dealkylation sites (N-methyl/N-ethyl adjacent to an activating group) is 1. The van der Waals surface area contributed by atoms with E-state index < -0.39 is 0 Å². The van der Waals surface area contributed by atoms with Crippen molar-refractivity contribution >= 4 is 17.4 Å². The fourth-order valence-electron chi connectivity index (χ4n) is 2.38. The number of para-hydroxylation sites is 1. The van der Waals surface area contributed by atoms with Crippen molar-refractivity contribution in [1.29, 1.82) is 0 Å². The van der Waals surface area contributed by atoms with Crippen LogP contribution in [0.3, 0.4) is 0 Å². The Morgan fingerprint density at radius 3 is 2.29 bits per heavy atom. The van der Waals surface area contributed by atoms with Crippen molar-refractivity contribution in [3.8, 4) is 11.5 Å². The maximum Gasteiger partial charge on any atom is 0.271 e. The van der Waals surface area contributed by atoms with E-state index in [2.05, 4.69) is 20.8 Å². The summed E-state index contributed by atoms with van der Waals surface area (Å²) in [5.74, 6) is 1.85. The molecule has 0 aliphatic carbocycles. The molecule has 0 unspecified atom stereocenters. The largest absolute Gasteiger partial charge is 0.457 e. The third-order valence-corrected chi connectivity index (χ3v) is 3.85. The van der Waals surface area contributed by atoms with Crippen molar-refractivity contribution < 1.29 is 9.53 Å². The number of ether oxygens (including phenoxy) is 1. The smallest absolute Gasteiger partial charge is 0.271 e. The summed E-state index contributed by atoms with van der Waals surface area (Å²) >= 11 is 0. The van der Waals surface area contributed by atoms with Gasteiger partial charge in [0.25, 0.3) is 5.91 Å². The number of anilines is 2. The van der Waals surface area contributed by atoms with Crippen LogP contribution in [-0.4, -0.2) is 48.2 Å². The maximum atomic E-state index is 12.0. The Hall–Kier alpha value is -3.45. The lowest BCUT2D eigenvalue weighted by Crippen LogP contribution is -2.31. The van der Waals surface area contributed by atoms with Gasteiger partial charge in [-0.15, -0.1) is 10.2 Å². The van der Waals surface area contributed by atoms with E-state index in [1.54, 1.807) is 12.1 Å². The average Bonchev–Trinajstić information content (AvgIpc) is 2.70. The fourth-order valence-corrected chi connectivity index (χ4v) is 2.38. The second-order valence-electron chi connectivity index (χ2n) is 6.43. The number of carbonyl (C=O) groups excluding carboxylic acids is 1. The Morgan fingerprint density at radius 1 is 0.929 bits per heavy atom. The molecule has 0 bridgehead atoms. The molecule has 144 valence electrons. The first-order valence-corrected chi connectivity index (χ1v) is 8.97. The summed E-state index contributed by atoms with van der Waals surface area (Å²) in [5.41, 5.74) is 1.13. The molecule has 1 aromatic heterocycles. The summed E-state index contributed by atoms with van der Waals surface area (Å²) in [5, 5.41) is 14.0. The minimum absolute atomic E-state index is 0.233. The zero-order chi connectivity index (χ0) is 19.8. The minimum Gasteiger partial charge on any atom is -0.457 e. The SMILES string of the molecule is CN(C)CCNC(=O)c1ccc(Nc2ccc(Oc3ccccc3)cc2)nn1. The Bertz CT molecular complexity index is 881. The van der Waals surface area contributed by atoms with Gasteiger partial charge in [0.15, 0.2) is 11.5 Å². The van der Waals surface area contributed by atoms with E-state index in [1.807, 2.05) is 73.6 Å². The number of amides is 1. The van der Waals surface area contributed by atoms with Crippen LogP contribution in [0.4, 0.5) is 11.5 Å². The lowest BCUT2D eigenvalue weighted by Gasteiger charge is -2.10. The first-order valence-electron chi connectivity index (χ1n) is 8.97. The van der Waals surface area contributed by atoms with Crippen LogP contribution in [-0.2, 0) is 0 Å².